The van der Waals surface area contributed by atoms with Gasteiger partial charge in [0.2, 0.25) is 0 Å². The maximum atomic E-state index is 5.39. The second kappa shape index (κ2) is 5.69. The Morgan fingerprint density at radius 3 is 2.30 bits per heavy atom. The summed E-state index contributed by atoms with van der Waals surface area (Å²) in [5.74, 6) is 0.806. The highest BCUT2D eigenvalue weighted by atomic mass is 15.1. The molecule has 0 aliphatic carbocycles. The molecule has 0 atom stereocenters. The Morgan fingerprint density at radius 2 is 1.90 bits per heavy atom. The molecule has 0 aromatic rings. The molecule has 2 N–H and O–H groups in total. The molecule has 0 aromatic carbocycles. The lowest BCUT2D eigenvalue weighted by molar-refractivity contribution is 0.318. The van der Waals surface area contributed by atoms with Crippen molar-refractivity contribution in [3.8, 4) is 0 Å². The number of nitrogens with zero attached hydrogens (tertiary/aromatic N) is 1. The first kappa shape index (κ1) is 9.92. The summed E-state index contributed by atoms with van der Waals surface area (Å²) in [6, 6.07) is 0. The van der Waals surface area contributed by atoms with E-state index in [-0.39, 0.29) is 0 Å². The first-order valence-electron chi connectivity index (χ1n) is 4.05. The molecule has 0 fully saturated rings. The van der Waals surface area contributed by atoms with Gasteiger partial charge in [-0.05, 0) is 25.9 Å². The van der Waals surface area contributed by atoms with E-state index >= 15 is 0 Å². The molecule has 62 valence electrons. The first-order valence-corrected chi connectivity index (χ1v) is 4.05. The van der Waals surface area contributed by atoms with Crippen LogP contribution in [-0.4, -0.2) is 31.6 Å². The normalized spacial score (nSPS) is 11.4. The van der Waals surface area contributed by atoms with Gasteiger partial charge in [-0.25, -0.2) is 0 Å². The van der Waals surface area contributed by atoms with Gasteiger partial charge in [0, 0.05) is 13.1 Å². The summed E-state index contributed by atoms with van der Waals surface area (Å²) in [7, 11) is 2.12. The summed E-state index contributed by atoms with van der Waals surface area (Å²) in [6.07, 6.45) is 1.27. The molecule has 0 spiro atoms. The SMILES string of the molecule is CC(C)CCN(C)CCN. The fraction of sp³-hybridized carbons (Fsp3) is 1.00. The maximum absolute atomic E-state index is 5.39. The summed E-state index contributed by atoms with van der Waals surface area (Å²) >= 11 is 0. The molecular formula is C8H20N2. The van der Waals surface area contributed by atoms with Crippen LogP contribution >= 0.6 is 0 Å². The van der Waals surface area contributed by atoms with Crippen LogP contribution in [0.2, 0.25) is 0 Å². The average molecular weight is 144 g/mol. The van der Waals surface area contributed by atoms with Gasteiger partial charge in [-0.15, -0.1) is 0 Å². The lowest BCUT2D eigenvalue weighted by atomic mass is 10.1. The van der Waals surface area contributed by atoms with Crippen LogP contribution in [0.25, 0.3) is 0 Å². The van der Waals surface area contributed by atoms with Crippen LogP contribution in [0.3, 0.4) is 0 Å². The van der Waals surface area contributed by atoms with Crippen LogP contribution in [0, 0.1) is 5.92 Å². The zero-order valence-corrected chi connectivity index (χ0v) is 7.43. The van der Waals surface area contributed by atoms with Crippen molar-refractivity contribution in [3.63, 3.8) is 0 Å². The van der Waals surface area contributed by atoms with Crippen LogP contribution in [0.4, 0.5) is 0 Å². The Morgan fingerprint density at radius 1 is 1.30 bits per heavy atom. The molecule has 0 unspecified atom stereocenters. The second-order valence-electron chi connectivity index (χ2n) is 3.27. The van der Waals surface area contributed by atoms with E-state index in [0.29, 0.717) is 0 Å². The zero-order valence-electron chi connectivity index (χ0n) is 7.43. The van der Waals surface area contributed by atoms with Gasteiger partial charge in [-0.2, -0.15) is 0 Å². The number of hydrogen-bond donors (Lipinski definition) is 1. The number of rotatable bonds is 5. The highest BCUT2D eigenvalue weighted by molar-refractivity contribution is 4.53. The Hall–Kier alpha value is -0.0800. The summed E-state index contributed by atoms with van der Waals surface area (Å²) in [5, 5.41) is 0. The molecule has 2 nitrogen and oxygen atoms in total. The molecule has 0 amide bonds. The molecule has 0 rings (SSSR count). The molecule has 0 heterocycles. The van der Waals surface area contributed by atoms with E-state index in [1.54, 1.807) is 0 Å². The first-order chi connectivity index (χ1) is 4.66. The van der Waals surface area contributed by atoms with E-state index < -0.39 is 0 Å². The van der Waals surface area contributed by atoms with Crippen molar-refractivity contribution in [3.05, 3.63) is 0 Å². The average Bonchev–Trinajstić information content (AvgIpc) is 1.85. The van der Waals surface area contributed by atoms with Crippen LogP contribution in [0.1, 0.15) is 20.3 Å². The molecule has 2 heteroatoms. The lowest BCUT2D eigenvalue weighted by Gasteiger charge is -2.16. The van der Waals surface area contributed by atoms with Crippen molar-refractivity contribution in [2.75, 3.05) is 26.7 Å². The fourth-order valence-corrected chi connectivity index (χ4v) is 0.811. The lowest BCUT2D eigenvalue weighted by Crippen LogP contribution is -2.27. The van der Waals surface area contributed by atoms with Crippen molar-refractivity contribution < 1.29 is 0 Å². The zero-order chi connectivity index (χ0) is 7.98. The minimum atomic E-state index is 0.772. The van der Waals surface area contributed by atoms with Crippen LogP contribution in [0.5, 0.6) is 0 Å². The summed E-state index contributed by atoms with van der Waals surface area (Å²) in [4.78, 5) is 2.28. The van der Waals surface area contributed by atoms with Crippen molar-refractivity contribution in [2.45, 2.75) is 20.3 Å². The third-order valence-electron chi connectivity index (χ3n) is 1.60. The molecule has 0 saturated heterocycles. The molecule has 10 heavy (non-hydrogen) atoms. The maximum Gasteiger partial charge on any atom is 0.0102 e. The molecule has 0 saturated carbocycles. The summed E-state index contributed by atoms with van der Waals surface area (Å²) in [6.45, 7) is 7.46. The Balaban J connectivity index is 3.12. The van der Waals surface area contributed by atoms with E-state index in [2.05, 4.69) is 25.8 Å². The number of likely N-dealkylation sites (N-methyl/N-ethyl adjacent to an activating group) is 1. The van der Waals surface area contributed by atoms with E-state index in [1.807, 2.05) is 0 Å². The monoisotopic (exact) mass is 144 g/mol. The largest absolute Gasteiger partial charge is 0.329 e. The third kappa shape index (κ3) is 6.05. The Bertz CT molecular complexity index is 71.7. The molecule has 0 aliphatic heterocycles. The smallest absolute Gasteiger partial charge is 0.0102 e. The summed E-state index contributed by atoms with van der Waals surface area (Å²) < 4.78 is 0. The molecular weight excluding hydrogens is 124 g/mol. The standard InChI is InChI=1S/C8H20N2/c1-8(2)4-6-10(3)7-5-9/h8H,4-7,9H2,1-3H3. The fourth-order valence-electron chi connectivity index (χ4n) is 0.811. The van der Waals surface area contributed by atoms with Crippen molar-refractivity contribution in [1.82, 2.24) is 4.90 Å². The van der Waals surface area contributed by atoms with Crippen molar-refractivity contribution in [1.29, 1.82) is 0 Å². The Kier molecular flexibility index (Phi) is 5.64. The van der Waals surface area contributed by atoms with E-state index in [0.717, 1.165) is 19.0 Å². The molecule has 0 aliphatic rings. The summed E-state index contributed by atoms with van der Waals surface area (Å²) in [5.41, 5.74) is 5.39. The van der Waals surface area contributed by atoms with Gasteiger partial charge in [0.15, 0.2) is 0 Å². The third-order valence-corrected chi connectivity index (χ3v) is 1.60. The van der Waals surface area contributed by atoms with Gasteiger partial charge < -0.3 is 10.6 Å². The highest BCUT2D eigenvalue weighted by Crippen LogP contribution is 1.99. The van der Waals surface area contributed by atoms with Crippen molar-refractivity contribution >= 4 is 0 Å². The van der Waals surface area contributed by atoms with Gasteiger partial charge in [0.05, 0.1) is 0 Å². The quantitative estimate of drug-likeness (QED) is 0.622. The number of nitrogens with two attached hydrogens (primary N) is 1. The van der Waals surface area contributed by atoms with Crippen molar-refractivity contribution in [2.24, 2.45) is 11.7 Å². The van der Waals surface area contributed by atoms with Gasteiger partial charge in [0.1, 0.15) is 0 Å². The van der Waals surface area contributed by atoms with Gasteiger partial charge in [0.25, 0.3) is 0 Å². The van der Waals surface area contributed by atoms with E-state index in [4.69, 9.17) is 5.73 Å². The predicted molar refractivity (Wildman–Crippen MR) is 46.0 cm³/mol. The van der Waals surface area contributed by atoms with Gasteiger partial charge in [-0.3, -0.25) is 0 Å². The molecule has 0 aromatic heterocycles. The molecule has 0 bridgehead atoms. The van der Waals surface area contributed by atoms with Crippen LogP contribution in [0.15, 0.2) is 0 Å². The Labute approximate surface area is 64.4 Å². The second-order valence-corrected chi connectivity index (χ2v) is 3.27. The minimum Gasteiger partial charge on any atom is -0.329 e. The highest BCUT2D eigenvalue weighted by Gasteiger charge is 1.97. The minimum absolute atomic E-state index is 0.772. The van der Waals surface area contributed by atoms with Crippen LogP contribution in [-0.2, 0) is 0 Å². The van der Waals surface area contributed by atoms with Crippen LogP contribution < -0.4 is 5.73 Å². The van der Waals surface area contributed by atoms with Gasteiger partial charge >= 0.3 is 0 Å². The number of hydrogen-bond acceptors (Lipinski definition) is 2. The molecule has 0 radical (unpaired) electrons. The van der Waals surface area contributed by atoms with E-state index in [1.165, 1.54) is 13.0 Å². The topological polar surface area (TPSA) is 29.3 Å². The van der Waals surface area contributed by atoms with E-state index in [9.17, 15) is 0 Å². The predicted octanol–water partition coefficient (Wildman–Crippen LogP) is 0.923. The van der Waals surface area contributed by atoms with Gasteiger partial charge in [-0.1, -0.05) is 13.8 Å².